The van der Waals surface area contributed by atoms with Crippen LogP contribution in [0.5, 0.6) is 0 Å². The summed E-state index contributed by atoms with van der Waals surface area (Å²) in [4.78, 5) is 13.1. The van der Waals surface area contributed by atoms with Crippen LogP contribution in [0.1, 0.15) is 29.8 Å². The fourth-order valence-electron chi connectivity index (χ4n) is 2.84. The van der Waals surface area contributed by atoms with Crippen LogP contribution in [-0.4, -0.2) is 34.1 Å². The highest BCUT2D eigenvalue weighted by atomic mass is 15.2. The van der Waals surface area contributed by atoms with Crippen LogP contribution in [0.3, 0.4) is 0 Å². The maximum Gasteiger partial charge on any atom is 0.191 e. The van der Waals surface area contributed by atoms with Gasteiger partial charge in [0.25, 0.3) is 0 Å². The van der Waals surface area contributed by atoms with E-state index in [-0.39, 0.29) is 0 Å². The minimum Gasteiger partial charge on any atom is -0.356 e. The molecular weight excluding hydrogens is 336 g/mol. The van der Waals surface area contributed by atoms with Crippen LogP contribution < -0.4 is 10.6 Å². The summed E-state index contributed by atoms with van der Waals surface area (Å²) < 4.78 is 1.96. The molecule has 140 valence electrons. The van der Waals surface area contributed by atoms with Gasteiger partial charge in [0.15, 0.2) is 5.96 Å². The monoisotopic (exact) mass is 362 g/mol. The Morgan fingerprint density at radius 2 is 1.93 bits per heavy atom. The molecule has 0 radical (unpaired) electrons. The second-order valence-corrected chi connectivity index (χ2v) is 6.49. The number of nitrogens with zero attached hydrogens (tertiary/aromatic N) is 4. The predicted octanol–water partition coefficient (Wildman–Crippen LogP) is 3.04. The number of benzene rings is 1. The fourth-order valence-corrected chi connectivity index (χ4v) is 2.84. The number of pyridine rings is 1. The molecule has 0 aliphatic rings. The van der Waals surface area contributed by atoms with Gasteiger partial charge in [-0.15, -0.1) is 0 Å². The van der Waals surface area contributed by atoms with Crippen molar-refractivity contribution >= 4 is 5.96 Å². The van der Waals surface area contributed by atoms with Crippen molar-refractivity contribution in [3.8, 4) is 5.82 Å². The van der Waals surface area contributed by atoms with Crippen molar-refractivity contribution < 1.29 is 0 Å². The summed E-state index contributed by atoms with van der Waals surface area (Å²) in [5.74, 6) is 2.98. The summed E-state index contributed by atoms with van der Waals surface area (Å²) in [7, 11) is 1.78. The molecule has 1 atom stereocenters. The lowest BCUT2D eigenvalue weighted by Crippen LogP contribution is -2.38. The Morgan fingerprint density at radius 3 is 2.56 bits per heavy atom. The smallest absolute Gasteiger partial charge is 0.191 e. The summed E-state index contributed by atoms with van der Waals surface area (Å²) >= 11 is 0. The Hall–Kier alpha value is -3.15. The highest BCUT2D eigenvalue weighted by Crippen LogP contribution is 2.13. The Bertz CT molecular complexity index is 867. The molecule has 1 aromatic carbocycles. The first-order valence-corrected chi connectivity index (χ1v) is 9.12. The van der Waals surface area contributed by atoms with E-state index in [9.17, 15) is 0 Å². The highest BCUT2D eigenvalue weighted by Gasteiger charge is 2.07. The molecular formula is C21H26N6. The predicted molar refractivity (Wildman–Crippen MR) is 109 cm³/mol. The number of imidazole rings is 1. The average Bonchev–Trinajstić information content (AvgIpc) is 3.15. The van der Waals surface area contributed by atoms with Gasteiger partial charge in [0, 0.05) is 38.7 Å². The van der Waals surface area contributed by atoms with E-state index in [1.807, 2.05) is 36.0 Å². The van der Waals surface area contributed by atoms with Crippen LogP contribution in [0.25, 0.3) is 5.82 Å². The maximum absolute atomic E-state index is 4.52. The molecule has 0 amide bonds. The SMILES string of the molecule is CN=C(NCc1ccc(-n2ccnc2C)nc1)NCC(C)c1ccccc1. The normalized spacial score (nSPS) is 12.6. The molecule has 0 spiro atoms. The van der Waals surface area contributed by atoms with E-state index in [4.69, 9.17) is 0 Å². The van der Waals surface area contributed by atoms with Crippen molar-refractivity contribution in [3.05, 3.63) is 78.0 Å². The minimum atomic E-state index is 0.407. The lowest BCUT2D eigenvalue weighted by molar-refractivity contribution is 0.698. The van der Waals surface area contributed by atoms with E-state index in [1.54, 1.807) is 13.2 Å². The summed E-state index contributed by atoms with van der Waals surface area (Å²) in [6, 6.07) is 14.5. The quantitative estimate of drug-likeness (QED) is 0.522. The molecule has 3 aromatic rings. The molecule has 2 N–H and O–H groups in total. The number of rotatable bonds is 6. The first-order valence-electron chi connectivity index (χ1n) is 9.12. The second kappa shape index (κ2) is 8.98. The van der Waals surface area contributed by atoms with E-state index >= 15 is 0 Å². The number of nitrogens with one attached hydrogen (secondary N) is 2. The first-order chi connectivity index (χ1) is 13.2. The van der Waals surface area contributed by atoms with Gasteiger partial charge in [-0.2, -0.15) is 0 Å². The van der Waals surface area contributed by atoms with E-state index in [0.717, 1.165) is 29.7 Å². The summed E-state index contributed by atoms with van der Waals surface area (Å²) in [5.41, 5.74) is 2.41. The molecule has 27 heavy (non-hydrogen) atoms. The van der Waals surface area contributed by atoms with Crippen molar-refractivity contribution in [2.24, 2.45) is 4.99 Å². The molecule has 6 nitrogen and oxygen atoms in total. The third-order valence-electron chi connectivity index (χ3n) is 4.51. The van der Waals surface area contributed by atoms with E-state index in [1.165, 1.54) is 5.56 Å². The topological polar surface area (TPSA) is 67.1 Å². The fraction of sp³-hybridized carbons (Fsp3) is 0.286. The van der Waals surface area contributed by atoms with Gasteiger partial charge in [-0.25, -0.2) is 9.97 Å². The van der Waals surface area contributed by atoms with Crippen molar-refractivity contribution in [2.45, 2.75) is 26.3 Å². The van der Waals surface area contributed by atoms with Crippen molar-refractivity contribution in [1.82, 2.24) is 25.2 Å². The van der Waals surface area contributed by atoms with E-state index in [2.05, 4.69) is 62.8 Å². The van der Waals surface area contributed by atoms with Crippen LogP contribution in [0, 0.1) is 6.92 Å². The van der Waals surface area contributed by atoms with Crippen molar-refractivity contribution in [1.29, 1.82) is 0 Å². The van der Waals surface area contributed by atoms with Gasteiger partial charge in [-0.1, -0.05) is 43.3 Å². The number of aliphatic imine (C=N–C) groups is 1. The van der Waals surface area contributed by atoms with Gasteiger partial charge in [0.05, 0.1) is 0 Å². The highest BCUT2D eigenvalue weighted by molar-refractivity contribution is 5.79. The Morgan fingerprint density at radius 1 is 1.11 bits per heavy atom. The molecule has 3 rings (SSSR count). The number of aromatic nitrogens is 3. The molecule has 0 saturated carbocycles. The Balaban J connectivity index is 1.51. The van der Waals surface area contributed by atoms with Gasteiger partial charge in [-0.05, 0) is 30.0 Å². The van der Waals surface area contributed by atoms with Gasteiger partial charge in [-0.3, -0.25) is 9.56 Å². The number of aryl methyl sites for hydroxylation is 1. The molecule has 0 aliphatic carbocycles. The third kappa shape index (κ3) is 4.94. The summed E-state index contributed by atoms with van der Waals surface area (Å²) in [6.45, 7) is 5.65. The van der Waals surface area contributed by atoms with Crippen LogP contribution in [0.4, 0.5) is 0 Å². The largest absolute Gasteiger partial charge is 0.356 e. The molecule has 0 saturated heterocycles. The maximum atomic E-state index is 4.52. The van der Waals surface area contributed by atoms with E-state index < -0.39 is 0 Å². The Kier molecular flexibility index (Phi) is 6.20. The van der Waals surface area contributed by atoms with Crippen LogP contribution in [-0.2, 0) is 6.54 Å². The average molecular weight is 362 g/mol. The number of hydrogen-bond donors (Lipinski definition) is 2. The first kappa shape index (κ1) is 18.6. The molecule has 1 unspecified atom stereocenters. The van der Waals surface area contributed by atoms with Gasteiger partial charge >= 0.3 is 0 Å². The number of guanidine groups is 1. The van der Waals surface area contributed by atoms with Crippen molar-refractivity contribution in [3.63, 3.8) is 0 Å². The second-order valence-electron chi connectivity index (χ2n) is 6.49. The zero-order valence-electron chi connectivity index (χ0n) is 16.1. The van der Waals surface area contributed by atoms with Crippen molar-refractivity contribution in [2.75, 3.05) is 13.6 Å². The summed E-state index contributed by atoms with van der Waals surface area (Å²) in [5, 5.41) is 6.72. The van der Waals surface area contributed by atoms with E-state index in [0.29, 0.717) is 12.5 Å². The molecule has 2 aromatic heterocycles. The van der Waals surface area contributed by atoms with Crippen LogP contribution in [0.15, 0.2) is 66.0 Å². The molecule has 2 heterocycles. The molecule has 0 aliphatic heterocycles. The third-order valence-corrected chi connectivity index (χ3v) is 4.51. The standard InChI is InChI=1S/C21H26N6/c1-16(19-7-5-4-6-8-19)13-25-21(22-3)26-15-18-9-10-20(24-14-18)27-12-11-23-17(27)2/h4-12,14,16H,13,15H2,1-3H3,(H2,22,25,26). The van der Waals surface area contributed by atoms with Crippen LogP contribution in [0.2, 0.25) is 0 Å². The minimum absolute atomic E-state index is 0.407. The van der Waals surface area contributed by atoms with Gasteiger partial charge in [0.2, 0.25) is 0 Å². The molecule has 0 bridgehead atoms. The van der Waals surface area contributed by atoms with Gasteiger partial charge < -0.3 is 10.6 Å². The molecule has 0 fully saturated rings. The molecule has 6 heteroatoms. The lowest BCUT2D eigenvalue weighted by Gasteiger charge is -2.16. The summed E-state index contributed by atoms with van der Waals surface area (Å²) in [6.07, 6.45) is 5.56. The van der Waals surface area contributed by atoms with Crippen LogP contribution >= 0.6 is 0 Å². The van der Waals surface area contributed by atoms with Gasteiger partial charge in [0.1, 0.15) is 11.6 Å². The zero-order chi connectivity index (χ0) is 19.1. The number of hydrogen-bond acceptors (Lipinski definition) is 3. The lowest BCUT2D eigenvalue weighted by atomic mass is 10.0. The zero-order valence-corrected chi connectivity index (χ0v) is 16.1. The Labute approximate surface area is 160 Å².